The lowest BCUT2D eigenvalue weighted by Crippen LogP contribution is -2.33. The predicted octanol–water partition coefficient (Wildman–Crippen LogP) is 3.68. The summed E-state index contributed by atoms with van der Waals surface area (Å²) in [5, 5.41) is 0. The topological polar surface area (TPSA) is 43.1 Å². The molecular formula is C17H21NO. The van der Waals surface area contributed by atoms with Gasteiger partial charge in [0.2, 0.25) is 0 Å². The minimum absolute atomic E-state index is 0.0981. The minimum atomic E-state index is -0.248. The summed E-state index contributed by atoms with van der Waals surface area (Å²) in [6, 6.07) is 7.81. The van der Waals surface area contributed by atoms with Crippen LogP contribution in [0.1, 0.15) is 38.7 Å². The molecule has 0 heterocycles. The number of ketones is 1. The lowest BCUT2D eigenvalue weighted by Gasteiger charge is -2.33. The molecule has 3 rings (SSSR count). The van der Waals surface area contributed by atoms with E-state index in [0.717, 1.165) is 24.1 Å². The van der Waals surface area contributed by atoms with Crippen molar-refractivity contribution in [2.24, 2.45) is 16.7 Å². The molecule has 2 heteroatoms. The van der Waals surface area contributed by atoms with Gasteiger partial charge in [-0.1, -0.05) is 38.1 Å². The van der Waals surface area contributed by atoms with Crippen LogP contribution in [0, 0.1) is 16.7 Å². The molecule has 2 bridgehead atoms. The average molecular weight is 255 g/mol. The van der Waals surface area contributed by atoms with Gasteiger partial charge in [0.1, 0.15) is 5.78 Å². The number of hydrogen-bond donors (Lipinski definition) is 1. The van der Waals surface area contributed by atoms with Crippen LogP contribution < -0.4 is 5.73 Å². The van der Waals surface area contributed by atoms with Gasteiger partial charge in [0.15, 0.2) is 0 Å². The van der Waals surface area contributed by atoms with Crippen LogP contribution in [0.25, 0.3) is 6.08 Å². The maximum Gasteiger partial charge on any atom is 0.143 e. The van der Waals surface area contributed by atoms with E-state index < -0.39 is 0 Å². The summed E-state index contributed by atoms with van der Waals surface area (Å²) in [4.78, 5) is 12.4. The Labute approximate surface area is 114 Å². The van der Waals surface area contributed by atoms with E-state index in [-0.39, 0.29) is 10.8 Å². The van der Waals surface area contributed by atoms with Gasteiger partial charge in [-0.25, -0.2) is 0 Å². The molecule has 0 saturated heterocycles. The van der Waals surface area contributed by atoms with Crippen LogP contribution in [0.2, 0.25) is 0 Å². The van der Waals surface area contributed by atoms with Gasteiger partial charge in [-0.3, -0.25) is 4.79 Å². The average Bonchev–Trinajstić information content (AvgIpc) is 2.70. The van der Waals surface area contributed by atoms with E-state index in [0.29, 0.717) is 11.7 Å². The van der Waals surface area contributed by atoms with E-state index in [1.54, 1.807) is 0 Å². The third-order valence-electron chi connectivity index (χ3n) is 5.46. The highest BCUT2D eigenvalue weighted by Crippen LogP contribution is 2.64. The molecule has 0 aromatic heterocycles. The molecule has 2 aliphatic carbocycles. The zero-order chi connectivity index (χ0) is 13.7. The van der Waals surface area contributed by atoms with Crippen molar-refractivity contribution >= 4 is 17.5 Å². The number of allylic oxidation sites excluding steroid dienone is 1. The van der Waals surface area contributed by atoms with Crippen molar-refractivity contribution < 1.29 is 4.79 Å². The summed E-state index contributed by atoms with van der Waals surface area (Å²) in [6.07, 6.45) is 7.16. The lowest BCUT2D eigenvalue weighted by molar-refractivity contribution is -0.126. The van der Waals surface area contributed by atoms with E-state index in [1.807, 2.05) is 24.3 Å². The summed E-state index contributed by atoms with van der Waals surface area (Å²) < 4.78 is 0. The number of Topliss-reactive ketones (excluding diaryl/α,β-unsaturated/α-hetero) is 1. The Morgan fingerprint density at radius 3 is 2.74 bits per heavy atom. The standard InChI is InChI=1S/C17H21NO/c1-16(2)13-7-9-17(16,15(19)11-13)8-6-12-4-3-5-14(18)10-12/h3-6,8,10,13H,7,9,11,18H2,1-2H3. The highest BCUT2D eigenvalue weighted by molar-refractivity contribution is 5.92. The fourth-order valence-corrected chi connectivity index (χ4v) is 4.00. The van der Waals surface area contributed by atoms with Crippen LogP contribution in [0.4, 0.5) is 5.69 Å². The zero-order valence-electron chi connectivity index (χ0n) is 11.6. The van der Waals surface area contributed by atoms with E-state index in [4.69, 9.17) is 5.73 Å². The summed E-state index contributed by atoms with van der Waals surface area (Å²) in [7, 11) is 0. The number of hydrogen-bond acceptors (Lipinski definition) is 2. The Kier molecular flexibility index (Phi) is 2.60. The SMILES string of the molecule is CC1(C)C2CCC1(C=Cc1cccc(N)c1)C(=O)C2. The van der Waals surface area contributed by atoms with E-state index in [2.05, 4.69) is 26.0 Å². The zero-order valence-corrected chi connectivity index (χ0v) is 11.6. The Hall–Kier alpha value is -1.57. The highest BCUT2D eigenvalue weighted by Gasteiger charge is 2.62. The van der Waals surface area contributed by atoms with Crippen LogP contribution in [0.3, 0.4) is 0 Å². The molecule has 0 amide bonds. The number of rotatable bonds is 2. The van der Waals surface area contributed by atoms with Crippen molar-refractivity contribution in [1.29, 1.82) is 0 Å². The van der Waals surface area contributed by atoms with E-state index in [9.17, 15) is 4.79 Å². The number of fused-ring (bicyclic) bond motifs is 2. The second kappa shape index (κ2) is 3.96. The van der Waals surface area contributed by atoms with E-state index in [1.165, 1.54) is 6.42 Å². The molecule has 2 nitrogen and oxygen atoms in total. The first-order valence-electron chi connectivity index (χ1n) is 7.04. The monoisotopic (exact) mass is 255 g/mol. The summed E-state index contributed by atoms with van der Waals surface area (Å²) in [5.74, 6) is 0.986. The summed E-state index contributed by atoms with van der Waals surface area (Å²) >= 11 is 0. The van der Waals surface area contributed by atoms with Gasteiger partial charge in [0.05, 0.1) is 5.41 Å². The molecule has 1 aromatic carbocycles. The fraction of sp³-hybridized carbons (Fsp3) is 0.471. The van der Waals surface area contributed by atoms with Crippen molar-refractivity contribution in [3.8, 4) is 0 Å². The lowest BCUT2D eigenvalue weighted by atomic mass is 9.68. The van der Waals surface area contributed by atoms with Crippen molar-refractivity contribution in [2.45, 2.75) is 33.1 Å². The molecule has 0 radical (unpaired) electrons. The fourth-order valence-electron chi connectivity index (χ4n) is 4.00. The van der Waals surface area contributed by atoms with Crippen molar-refractivity contribution in [2.75, 3.05) is 5.73 Å². The van der Waals surface area contributed by atoms with Crippen molar-refractivity contribution in [3.05, 3.63) is 35.9 Å². The smallest absolute Gasteiger partial charge is 0.143 e. The third kappa shape index (κ3) is 1.66. The van der Waals surface area contributed by atoms with Gasteiger partial charge in [-0.05, 0) is 41.9 Å². The molecular weight excluding hydrogens is 234 g/mol. The molecule has 2 N–H and O–H groups in total. The second-order valence-electron chi connectivity index (χ2n) is 6.56. The Morgan fingerprint density at radius 1 is 1.37 bits per heavy atom. The number of nitrogen functional groups attached to an aromatic ring is 1. The molecule has 0 aliphatic heterocycles. The van der Waals surface area contributed by atoms with Gasteiger partial charge in [0, 0.05) is 12.1 Å². The molecule has 2 saturated carbocycles. The maximum atomic E-state index is 12.4. The first kappa shape index (κ1) is 12.5. The first-order valence-corrected chi connectivity index (χ1v) is 7.04. The van der Waals surface area contributed by atoms with Gasteiger partial charge >= 0.3 is 0 Å². The number of anilines is 1. The Balaban J connectivity index is 1.96. The molecule has 2 atom stereocenters. The molecule has 19 heavy (non-hydrogen) atoms. The minimum Gasteiger partial charge on any atom is -0.399 e. The molecule has 2 unspecified atom stereocenters. The summed E-state index contributed by atoms with van der Waals surface area (Å²) in [6.45, 7) is 4.50. The molecule has 0 spiro atoms. The molecule has 2 fully saturated rings. The third-order valence-corrected chi connectivity index (χ3v) is 5.46. The Bertz CT molecular complexity index is 558. The quantitative estimate of drug-likeness (QED) is 0.819. The molecule has 1 aromatic rings. The van der Waals surface area contributed by atoms with Crippen LogP contribution in [-0.4, -0.2) is 5.78 Å². The number of benzene rings is 1. The highest BCUT2D eigenvalue weighted by atomic mass is 16.1. The number of carbonyl (C=O) groups excluding carboxylic acids is 1. The molecule has 2 aliphatic rings. The largest absolute Gasteiger partial charge is 0.399 e. The van der Waals surface area contributed by atoms with Crippen LogP contribution in [-0.2, 0) is 4.79 Å². The predicted molar refractivity (Wildman–Crippen MR) is 78.5 cm³/mol. The normalized spacial score (nSPS) is 32.3. The van der Waals surface area contributed by atoms with Gasteiger partial charge < -0.3 is 5.73 Å². The first-order chi connectivity index (χ1) is 8.96. The van der Waals surface area contributed by atoms with Crippen LogP contribution >= 0.6 is 0 Å². The summed E-state index contributed by atoms with van der Waals surface area (Å²) in [5.41, 5.74) is 7.49. The molecule has 100 valence electrons. The van der Waals surface area contributed by atoms with Gasteiger partial charge in [-0.2, -0.15) is 0 Å². The van der Waals surface area contributed by atoms with Gasteiger partial charge in [-0.15, -0.1) is 0 Å². The van der Waals surface area contributed by atoms with Gasteiger partial charge in [0.25, 0.3) is 0 Å². The second-order valence-corrected chi connectivity index (χ2v) is 6.56. The number of nitrogens with two attached hydrogens (primary N) is 1. The van der Waals surface area contributed by atoms with E-state index >= 15 is 0 Å². The maximum absolute atomic E-state index is 12.4. The van der Waals surface area contributed by atoms with Crippen molar-refractivity contribution in [3.63, 3.8) is 0 Å². The Morgan fingerprint density at radius 2 is 2.16 bits per heavy atom. The van der Waals surface area contributed by atoms with Crippen molar-refractivity contribution in [1.82, 2.24) is 0 Å². The van der Waals surface area contributed by atoms with Crippen LogP contribution in [0.5, 0.6) is 0 Å². The van der Waals surface area contributed by atoms with Crippen LogP contribution in [0.15, 0.2) is 30.3 Å². The number of carbonyl (C=O) groups is 1.